The van der Waals surface area contributed by atoms with E-state index < -0.39 is 17.8 Å². The molecule has 0 aromatic carbocycles. The fraction of sp³-hybridized carbons (Fsp3) is 0.667. The molecule has 5 nitrogen and oxygen atoms in total. The zero-order valence-corrected chi connectivity index (χ0v) is 14.3. The van der Waals surface area contributed by atoms with Crippen molar-refractivity contribution in [2.24, 2.45) is 11.8 Å². The maximum atomic E-state index is 12.5. The van der Waals surface area contributed by atoms with Crippen molar-refractivity contribution in [1.82, 2.24) is 9.88 Å². The van der Waals surface area contributed by atoms with Crippen molar-refractivity contribution in [2.45, 2.75) is 39.3 Å². The van der Waals surface area contributed by atoms with E-state index in [9.17, 15) is 22.8 Å². The maximum absolute atomic E-state index is 12.5. The van der Waals surface area contributed by atoms with Gasteiger partial charge in [-0.25, -0.2) is 4.98 Å². The molecular weight excluding hydrogens is 343 g/mol. The van der Waals surface area contributed by atoms with Gasteiger partial charge in [0.15, 0.2) is 10.8 Å². The molecule has 1 aliphatic heterocycles. The maximum Gasteiger partial charge on any atom is 0.434 e. The van der Waals surface area contributed by atoms with E-state index in [1.165, 1.54) is 0 Å². The fourth-order valence-corrected chi connectivity index (χ4v) is 3.27. The van der Waals surface area contributed by atoms with Gasteiger partial charge in [0.1, 0.15) is 0 Å². The first-order valence-corrected chi connectivity index (χ1v) is 8.72. The summed E-state index contributed by atoms with van der Waals surface area (Å²) < 4.78 is 37.6. The van der Waals surface area contributed by atoms with Crippen molar-refractivity contribution < 1.29 is 22.8 Å². The van der Waals surface area contributed by atoms with Gasteiger partial charge >= 0.3 is 6.18 Å². The predicted octanol–water partition coefficient (Wildman–Crippen LogP) is 3.39. The number of likely N-dealkylation sites (tertiary alicyclic amines) is 1. The number of carbonyl (C=O) groups excluding carboxylic acids is 2. The Hall–Kier alpha value is -1.64. The molecule has 2 rings (SSSR count). The molecule has 2 heterocycles. The largest absolute Gasteiger partial charge is 0.434 e. The zero-order valence-electron chi connectivity index (χ0n) is 13.5. The molecule has 2 amide bonds. The standard InChI is InChI=1S/C15H20F3N3O2S/c1-3-9(2)13(23)21-6-4-5-10(7-21)12(22)20-14-19-11(8-24-14)15(16,17)18/h8-10H,3-7H2,1-2H3,(H,19,20,22)/t9-,10-/m0/s1. The second-order valence-electron chi connectivity index (χ2n) is 5.96. The lowest BCUT2D eigenvalue weighted by Crippen LogP contribution is -2.45. The third-order valence-corrected chi connectivity index (χ3v) is 4.92. The van der Waals surface area contributed by atoms with Gasteiger partial charge in [0.2, 0.25) is 11.8 Å². The normalized spacial score (nSPS) is 19.9. The molecule has 0 aliphatic carbocycles. The quantitative estimate of drug-likeness (QED) is 0.892. The van der Waals surface area contributed by atoms with E-state index in [0.717, 1.165) is 23.1 Å². The van der Waals surface area contributed by atoms with Gasteiger partial charge in [0, 0.05) is 24.4 Å². The average Bonchev–Trinajstić information content (AvgIpc) is 3.02. The van der Waals surface area contributed by atoms with E-state index in [0.29, 0.717) is 25.9 Å². The lowest BCUT2D eigenvalue weighted by atomic mass is 9.95. The van der Waals surface area contributed by atoms with E-state index in [-0.39, 0.29) is 22.9 Å². The molecule has 0 unspecified atom stereocenters. The molecule has 1 aromatic heterocycles. The van der Waals surface area contributed by atoms with Gasteiger partial charge in [0.25, 0.3) is 0 Å². The molecule has 1 aromatic rings. The van der Waals surface area contributed by atoms with Crippen LogP contribution in [0.5, 0.6) is 0 Å². The zero-order chi connectivity index (χ0) is 17.9. The number of hydrogen-bond acceptors (Lipinski definition) is 4. The monoisotopic (exact) mass is 363 g/mol. The first-order valence-electron chi connectivity index (χ1n) is 7.84. The van der Waals surface area contributed by atoms with Crippen LogP contribution in [-0.4, -0.2) is 34.8 Å². The first-order chi connectivity index (χ1) is 11.2. The molecule has 0 radical (unpaired) electrons. The van der Waals surface area contributed by atoms with Crippen molar-refractivity contribution >= 4 is 28.3 Å². The summed E-state index contributed by atoms with van der Waals surface area (Å²) in [5.74, 6) is -0.895. The summed E-state index contributed by atoms with van der Waals surface area (Å²) in [4.78, 5) is 29.6. The molecule has 1 aliphatic rings. The lowest BCUT2D eigenvalue weighted by molar-refractivity contribution is -0.141. The van der Waals surface area contributed by atoms with Crippen LogP contribution < -0.4 is 5.32 Å². The highest BCUT2D eigenvalue weighted by Crippen LogP contribution is 2.32. The Morgan fingerprint density at radius 3 is 2.79 bits per heavy atom. The summed E-state index contributed by atoms with van der Waals surface area (Å²) in [6, 6.07) is 0. The van der Waals surface area contributed by atoms with Crippen molar-refractivity contribution in [1.29, 1.82) is 0 Å². The number of halogens is 3. The number of amides is 2. The van der Waals surface area contributed by atoms with Crippen LogP contribution in [0.2, 0.25) is 0 Å². The van der Waals surface area contributed by atoms with Gasteiger partial charge in [-0.05, 0) is 19.3 Å². The number of rotatable bonds is 4. The molecule has 0 spiro atoms. The summed E-state index contributed by atoms with van der Waals surface area (Å²) in [6.07, 6.45) is -2.49. The summed E-state index contributed by atoms with van der Waals surface area (Å²) >= 11 is 0.741. The Bertz CT molecular complexity index is 603. The molecule has 134 valence electrons. The van der Waals surface area contributed by atoms with Gasteiger partial charge in [0.05, 0.1) is 5.92 Å². The van der Waals surface area contributed by atoms with E-state index in [4.69, 9.17) is 0 Å². The number of aromatic nitrogens is 1. The van der Waals surface area contributed by atoms with Crippen LogP contribution in [0.25, 0.3) is 0 Å². The van der Waals surface area contributed by atoms with E-state index in [1.54, 1.807) is 4.90 Å². The van der Waals surface area contributed by atoms with Gasteiger partial charge in [-0.2, -0.15) is 13.2 Å². The molecule has 9 heteroatoms. The molecule has 1 fully saturated rings. The number of hydrogen-bond donors (Lipinski definition) is 1. The topological polar surface area (TPSA) is 62.3 Å². The number of thiazole rings is 1. The minimum absolute atomic E-state index is 0.0172. The number of nitrogens with one attached hydrogen (secondary N) is 1. The summed E-state index contributed by atoms with van der Waals surface area (Å²) in [7, 11) is 0. The van der Waals surface area contributed by atoms with Crippen LogP contribution >= 0.6 is 11.3 Å². The Labute approximate surface area is 142 Å². The Kier molecular flexibility index (Phi) is 5.84. The first kappa shape index (κ1) is 18.7. The van der Waals surface area contributed by atoms with Crippen LogP contribution in [0.3, 0.4) is 0 Å². The Morgan fingerprint density at radius 2 is 2.21 bits per heavy atom. The van der Waals surface area contributed by atoms with Gasteiger partial charge < -0.3 is 10.2 Å². The third-order valence-electron chi connectivity index (χ3n) is 4.16. The second-order valence-corrected chi connectivity index (χ2v) is 6.82. The molecular formula is C15H20F3N3O2S. The SMILES string of the molecule is CC[C@H](C)C(=O)N1CCC[C@H](C(=O)Nc2nc(C(F)(F)F)cs2)C1. The van der Waals surface area contributed by atoms with Crippen molar-refractivity contribution in [3.05, 3.63) is 11.1 Å². The van der Waals surface area contributed by atoms with Gasteiger partial charge in [-0.3, -0.25) is 9.59 Å². The predicted molar refractivity (Wildman–Crippen MR) is 84.5 cm³/mol. The van der Waals surface area contributed by atoms with E-state index in [2.05, 4.69) is 10.3 Å². The number of anilines is 1. The molecule has 2 atom stereocenters. The Balaban J connectivity index is 1.97. The fourth-order valence-electron chi connectivity index (χ4n) is 2.55. The van der Waals surface area contributed by atoms with Gasteiger partial charge in [-0.1, -0.05) is 13.8 Å². The molecule has 1 saturated heterocycles. The smallest absolute Gasteiger partial charge is 0.342 e. The molecule has 0 bridgehead atoms. The minimum Gasteiger partial charge on any atom is -0.342 e. The number of piperidine rings is 1. The van der Waals surface area contributed by atoms with Gasteiger partial charge in [-0.15, -0.1) is 11.3 Å². The minimum atomic E-state index is -4.52. The van der Waals surface area contributed by atoms with Crippen LogP contribution in [0, 0.1) is 11.8 Å². The number of alkyl halides is 3. The number of nitrogens with zero attached hydrogens (tertiary/aromatic N) is 2. The van der Waals surface area contributed by atoms with Crippen LogP contribution in [0.4, 0.5) is 18.3 Å². The van der Waals surface area contributed by atoms with Crippen LogP contribution in [0.15, 0.2) is 5.38 Å². The molecule has 1 N–H and O–H groups in total. The molecule has 24 heavy (non-hydrogen) atoms. The van der Waals surface area contributed by atoms with Crippen LogP contribution in [-0.2, 0) is 15.8 Å². The van der Waals surface area contributed by atoms with E-state index >= 15 is 0 Å². The Morgan fingerprint density at radius 1 is 1.50 bits per heavy atom. The lowest BCUT2D eigenvalue weighted by Gasteiger charge is -2.33. The van der Waals surface area contributed by atoms with Crippen molar-refractivity contribution in [3.63, 3.8) is 0 Å². The summed E-state index contributed by atoms with van der Waals surface area (Å²) in [5, 5.41) is 3.24. The van der Waals surface area contributed by atoms with Crippen molar-refractivity contribution in [3.8, 4) is 0 Å². The summed E-state index contributed by atoms with van der Waals surface area (Å²) in [6.45, 7) is 4.69. The number of carbonyl (C=O) groups is 2. The molecule has 0 saturated carbocycles. The average molecular weight is 363 g/mol. The highest BCUT2D eigenvalue weighted by molar-refractivity contribution is 7.13. The highest BCUT2D eigenvalue weighted by Gasteiger charge is 2.35. The summed E-state index contributed by atoms with van der Waals surface area (Å²) in [5.41, 5.74) is -1.01. The van der Waals surface area contributed by atoms with Crippen molar-refractivity contribution in [2.75, 3.05) is 18.4 Å². The highest BCUT2D eigenvalue weighted by atomic mass is 32.1. The van der Waals surface area contributed by atoms with Crippen LogP contribution in [0.1, 0.15) is 38.8 Å². The second kappa shape index (κ2) is 7.50. The third kappa shape index (κ3) is 4.46. The van der Waals surface area contributed by atoms with E-state index in [1.807, 2.05) is 13.8 Å².